The molecule has 4 rings (SSSR count). The summed E-state index contributed by atoms with van der Waals surface area (Å²) in [5.74, 6) is -0.909. The molecule has 0 N–H and O–H groups in total. The van der Waals surface area contributed by atoms with E-state index >= 15 is 8.78 Å². The van der Waals surface area contributed by atoms with Gasteiger partial charge in [0.05, 0.1) is 0 Å². The molecule has 0 nitrogen and oxygen atoms in total. The second-order valence-electron chi connectivity index (χ2n) is 9.83. The van der Waals surface area contributed by atoms with Crippen LogP contribution in [0.5, 0.6) is 0 Å². The summed E-state index contributed by atoms with van der Waals surface area (Å²) < 4.78 is 44.4. The molecule has 0 saturated heterocycles. The average molecular weight is 465 g/mol. The van der Waals surface area contributed by atoms with E-state index in [1.165, 1.54) is 5.56 Å². The fraction of sp³-hybridized carbons (Fsp3) is 0.419. The van der Waals surface area contributed by atoms with Crippen molar-refractivity contribution >= 4 is 0 Å². The van der Waals surface area contributed by atoms with Crippen LogP contribution >= 0.6 is 0 Å². The second kappa shape index (κ2) is 11.3. The Hall–Kier alpha value is -2.55. The largest absolute Gasteiger partial charge is 0.207 e. The predicted octanol–water partition coefficient (Wildman–Crippen LogP) is 9.62. The van der Waals surface area contributed by atoms with Crippen molar-refractivity contribution in [3.05, 3.63) is 94.9 Å². The molecule has 0 radical (unpaired) electrons. The summed E-state index contributed by atoms with van der Waals surface area (Å²) in [4.78, 5) is 0. The molecular formula is C31H35F3. The molecule has 3 heteroatoms. The van der Waals surface area contributed by atoms with E-state index in [0.717, 1.165) is 51.4 Å². The van der Waals surface area contributed by atoms with Gasteiger partial charge in [-0.25, -0.2) is 13.2 Å². The topological polar surface area (TPSA) is 0 Å². The lowest BCUT2D eigenvalue weighted by Crippen LogP contribution is -2.14. The minimum absolute atomic E-state index is 0.0240. The lowest BCUT2D eigenvalue weighted by Gasteiger charge is -2.28. The predicted molar refractivity (Wildman–Crippen MR) is 135 cm³/mol. The van der Waals surface area contributed by atoms with Crippen molar-refractivity contribution in [1.82, 2.24) is 0 Å². The van der Waals surface area contributed by atoms with Crippen LogP contribution in [0.2, 0.25) is 0 Å². The minimum Gasteiger partial charge on any atom is -0.207 e. The van der Waals surface area contributed by atoms with Gasteiger partial charge in [0, 0.05) is 11.1 Å². The standard InChI is InChI=1S/C31H35F3/c1-3-5-22-7-12-24(13-8-22)27-18-19-28(31(34)30(27)33)25-14-9-23(10-15-25)11-17-26-16-6-21(4-2)20-29(26)32/h7-8,11-13,16-21,23,25H,3-6,9-10,14-15H2,1-2H3/b17-11+/t21-,23?,25?/m0/s1. The van der Waals surface area contributed by atoms with E-state index in [1.807, 2.05) is 36.4 Å². The third-order valence-corrected chi connectivity index (χ3v) is 7.50. The molecule has 2 aromatic carbocycles. The Labute approximate surface area is 202 Å². The third-order valence-electron chi connectivity index (χ3n) is 7.50. The molecule has 34 heavy (non-hydrogen) atoms. The second-order valence-corrected chi connectivity index (χ2v) is 9.83. The van der Waals surface area contributed by atoms with Crippen LogP contribution in [0.25, 0.3) is 11.1 Å². The molecule has 1 saturated carbocycles. The number of halogens is 3. The molecule has 2 aliphatic carbocycles. The number of hydrogen-bond donors (Lipinski definition) is 0. The van der Waals surface area contributed by atoms with Crippen LogP contribution < -0.4 is 0 Å². The molecule has 0 heterocycles. The lowest BCUT2D eigenvalue weighted by molar-refractivity contribution is 0.364. The van der Waals surface area contributed by atoms with Crippen molar-refractivity contribution in [2.24, 2.45) is 11.8 Å². The fourth-order valence-electron chi connectivity index (χ4n) is 5.28. The highest BCUT2D eigenvalue weighted by Crippen LogP contribution is 2.39. The maximum Gasteiger partial charge on any atom is 0.166 e. The van der Waals surface area contributed by atoms with Crippen molar-refractivity contribution < 1.29 is 13.2 Å². The van der Waals surface area contributed by atoms with Gasteiger partial charge in [-0.1, -0.05) is 74.9 Å². The number of rotatable bonds is 7. The number of aryl methyl sites for hydroxylation is 1. The SMILES string of the molecule is CCCc1ccc(-c2ccc(C3CCC(/C=C/C4=CC[C@H](CC)C=C4F)CC3)c(F)c2F)cc1. The van der Waals surface area contributed by atoms with Crippen LogP contribution in [0.1, 0.15) is 75.8 Å². The molecule has 0 spiro atoms. The van der Waals surface area contributed by atoms with Crippen LogP contribution in [0.15, 0.2) is 72.1 Å². The quantitative estimate of drug-likeness (QED) is 0.383. The Morgan fingerprint density at radius 1 is 0.882 bits per heavy atom. The zero-order valence-corrected chi connectivity index (χ0v) is 20.3. The zero-order valence-electron chi connectivity index (χ0n) is 20.3. The molecular weight excluding hydrogens is 429 g/mol. The third kappa shape index (κ3) is 5.56. The van der Waals surface area contributed by atoms with E-state index in [2.05, 4.69) is 19.9 Å². The van der Waals surface area contributed by atoms with Crippen LogP contribution in [0, 0.1) is 23.5 Å². The van der Waals surface area contributed by atoms with Gasteiger partial charge < -0.3 is 0 Å². The smallest absolute Gasteiger partial charge is 0.166 e. The summed E-state index contributed by atoms with van der Waals surface area (Å²) in [5, 5.41) is 0. The number of allylic oxidation sites excluding steroid dienone is 6. The first-order valence-corrected chi connectivity index (χ1v) is 12.8. The van der Waals surface area contributed by atoms with Gasteiger partial charge in [0.15, 0.2) is 11.6 Å². The van der Waals surface area contributed by atoms with Crippen molar-refractivity contribution in [2.45, 2.75) is 71.1 Å². The Morgan fingerprint density at radius 3 is 2.26 bits per heavy atom. The van der Waals surface area contributed by atoms with Crippen molar-refractivity contribution in [2.75, 3.05) is 0 Å². The number of hydrogen-bond acceptors (Lipinski definition) is 0. The van der Waals surface area contributed by atoms with E-state index in [4.69, 9.17) is 0 Å². The minimum atomic E-state index is -0.750. The Bertz CT molecular complexity index is 1070. The summed E-state index contributed by atoms with van der Waals surface area (Å²) in [5.41, 5.74) is 3.40. The van der Waals surface area contributed by atoms with Gasteiger partial charge in [0.1, 0.15) is 5.83 Å². The summed E-state index contributed by atoms with van der Waals surface area (Å²) in [6.07, 6.45) is 15.0. The molecule has 0 aromatic heterocycles. The van der Waals surface area contributed by atoms with Crippen LogP contribution in [0.3, 0.4) is 0 Å². The number of benzene rings is 2. The maximum atomic E-state index is 15.1. The van der Waals surface area contributed by atoms with Crippen LogP contribution in [-0.2, 0) is 6.42 Å². The normalized spacial score (nSPS) is 23.1. The molecule has 0 aliphatic heterocycles. The molecule has 180 valence electrons. The van der Waals surface area contributed by atoms with Gasteiger partial charge in [-0.3, -0.25) is 0 Å². The Balaban J connectivity index is 1.39. The zero-order chi connectivity index (χ0) is 24.1. The van der Waals surface area contributed by atoms with E-state index in [0.29, 0.717) is 34.1 Å². The Kier molecular flexibility index (Phi) is 8.13. The van der Waals surface area contributed by atoms with Gasteiger partial charge in [0.2, 0.25) is 0 Å². The van der Waals surface area contributed by atoms with Gasteiger partial charge in [-0.15, -0.1) is 0 Å². The average Bonchev–Trinajstić information content (AvgIpc) is 2.86. The summed E-state index contributed by atoms with van der Waals surface area (Å²) >= 11 is 0. The van der Waals surface area contributed by atoms with E-state index in [-0.39, 0.29) is 11.7 Å². The van der Waals surface area contributed by atoms with Crippen LogP contribution in [-0.4, -0.2) is 0 Å². The summed E-state index contributed by atoms with van der Waals surface area (Å²) in [6, 6.07) is 11.2. The maximum absolute atomic E-state index is 15.1. The van der Waals surface area contributed by atoms with Crippen molar-refractivity contribution in [1.29, 1.82) is 0 Å². The summed E-state index contributed by atoms with van der Waals surface area (Å²) in [6.45, 7) is 4.20. The molecule has 0 amide bonds. The first kappa shape index (κ1) is 24.6. The van der Waals surface area contributed by atoms with Gasteiger partial charge in [-0.2, -0.15) is 0 Å². The van der Waals surface area contributed by atoms with Crippen molar-refractivity contribution in [3.8, 4) is 11.1 Å². The molecule has 0 bridgehead atoms. The first-order valence-electron chi connectivity index (χ1n) is 12.8. The fourth-order valence-corrected chi connectivity index (χ4v) is 5.28. The van der Waals surface area contributed by atoms with Gasteiger partial charge in [-0.05, 0) is 85.5 Å². The molecule has 0 unspecified atom stereocenters. The van der Waals surface area contributed by atoms with E-state index in [9.17, 15) is 4.39 Å². The highest BCUT2D eigenvalue weighted by molar-refractivity contribution is 5.65. The Morgan fingerprint density at radius 2 is 1.62 bits per heavy atom. The molecule has 2 aliphatic rings. The van der Waals surface area contributed by atoms with E-state index in [1.54, 1.807) is 18.2 Å². The monoisotopic (exact) mass is 464 g/mol. The highest BCUT2D eigenvalue weighted by atomic mass is 19.2. The summed E-state index contributed by atoms with van der Waals surface area (Å²) in [7, 11) is 0. The van der Waals surface area contributed by atoms with Gasteiger partial charge in [0.25, 0.3) is 0 Å². The van der Waals surface area contributed by atoms with Gasteiger partial charge >= 0.3 is 0 Å². The lowest BCUT2D eigenvalue weighted by atomic mass is 9.78. The van der Waals surface area contributed by atoms with Crippen LogP contribution in [0.4, 0.5) is 13.2 Å². The molecule has 1 atom stereocenters. The molecule has 2 aromatic rings. The highest BCUT2D eigenvalue weighted by Gasteiger charge is 2.26. The molecule has 1 fully saturated rings. The van der Waals surface area contributed by atoms with E-state index < -0.39 is 11.6 Å². The first-order chi connectivity index (χ1) is 16.5. The van der Waals surface area contributed by atoms with Crippen molar-refractivity contribution in [3.63, 3.8) is 0 Å².